The van der Waals surface area contributed by atoms with Crippen LogP contribution in [0.4, 0.5) is 5.82 Å². The van der Waals surface area contributed by atoms with Gasteiger partial charge in [-0.2, -0.15) is 5.10 Å². The Kier molecular flexibility index (Phi) is 3.84. The maximum absolute atomic E-state index is 4.27. The molecular weight excluding hydrogens is 230 g/mol. The summed E-state index contributed by atoms with van der Waals surface area (Å²) in [6.07, 6.45) is 1.09. The second-order valence-corrected chi connectivity index (χ2v) is 5.73. The summed E-state index contributed by atoms with van der Waals surface area (Å²) in [5.41, 5.74) is 1.10. The van der Waals surface area contributed by atoms with Gasteiger partial charge in [0, 0.05) is 17.5 Å². The molecule has 0 saturated heterocycles. The molecule has 0 aliphatic heterocycles. The summed E-state index contributed by atoms with van der Waals surface area (Å²) in [5, 5.41) is 10.7. The lowest BCUT2D eigenvalue weighted by Gasteiger charge is -2.04. The van der Waals surface area contributed by atoms with Gasteiger partial charge in [0.2, 0.25) is 0 Å². The molecule has 0 atom stereocenters. The van der Waals surface area contributed by atoms with Crippen LogP contribution in [0.3, 0.4) is 0 Å². The molecule has 0 unspecified atom stereocenters. The summed E-state index contributed by atoms with van der Waals surface area (Å²) in [4.78, 5) is 2.67. The van der Waals surface area contributed by atoms with Gasteiger partial charge in [-0.1, -0.05) is 20.8 Å². The van der Waals surface area contributed by atoms with Gasteiger partial charge in [-0.3, -0.25) is 5.10 Å². The van der Waals surface area contributed by atoms with Crippen LogP contribution in [-0.2, 0) is 6.42 Å². The average molecular weight is 249 g/mol. The van der Waals surface area contributed by atoms with Crippen molar-refractivity contribution < 1.29 is 0 Å². The normalized spacial score (nSPS) is 11.1. The highest BCUT2D eigenvalue weighted by Gasteiger charge is 2.06. The molecule has 2 rings (SSSR count). The number of nitrogens with one attached hydrogen (secondary N) is 2. The van der Waals surface area contributed by atoms with Crippen molar-refractivity contribution in [1.29, 1.82) is 0 Å². The Bertz CT molecular complexity index is 470. The number of aryl methyl sites for hydroxylation is 1. The molecule has 17 heavy (non-hydrogen) atoms. The van der Waals surface area contributed by atoms with Crippen LogP contribution in [0.15, 0.2) is 18.2 Å². The lowest BCUT2D eigenvalue weighted by molar-refractivity contribution is 0.687. The van der Waals surface area contributed by atoms with Crippen molar-refractivity contribution >= 4 is 17.2 Å². The SMILES string of the molecule is CCc1ccc(-c2cc(NCC(C)C)n[nH]2)s1. The number of aromatic nitrogens is 2. The van der Waals surface area contributed by atoms with Crippen molar-refractivity contribution in [3.8, 4) is 10.6 Å². The molecule has 3 nitrogen and oxygen atoms in total. The molecule has 0 saturated carbocycles. The van der Waals surface area contributed by atoms with Gasteiger partial charge in [0.05, 0.1) is 10.6 Å². The third-order valence-electron chi connectivity index (χ3n) is 2.54. The third kappa shape index (κ3) is 3.09. The Morgan fingerprint density at radius 1 is 1.41 bits per heavy atom. The Morgan fingerprint density at radius 2 is 2.24 bits per heavy atom. The van der Waals surface area contributed by atoms with Crippen LogP contribution in [0.1, 0.15) is 25.6 Å². The second-order valence-electron chi connectivity index (χ2n) is 4.56. The highest BCUT2D eigenvalue weighted by Crippen LogP contribution is 2.28. The summed E-state index contributed by atoms with van der Waals surface area (Å²) in [5.74, 6) is 1.56. The molecule has 0 radical (unpaired) electrons. The number of hydrogen-bond acceptors (Lipinski definition) is 3. The number of thiophene rings is 1. The fraction of sp³-hybridized carbons (Fsp3) is 0.462. The van der Waals surface area contributed by atoms with Crippen molar-refractivity contribution in [2.24, 2.45) is 5.92 Å². The lowest BCUT2D eigenvalue weighted by atomic mass is 10.2. The van der Waals surface area contributed by atoms with Gasteiger partial charge >= 0.3 is 0 Å². The minimum Gasteiger partial charge on any atom is -0.368 e. The predicted octanol–water partition coefficient (Wildman–Crippen LogP) is 3.77. The maximum Gasteiger partial charge on any atom is 0.148 e. The molecule has 0 aromatic carbocycles. The third-order valence-corrected chi connectivity index (χ3v) is 3.81. The Morgan fingerprint density at radius 3 is 2.88 bits per heavy atom. The monoisotopic (exact) mass is 249 g/mol. The molecule has 0 aliphatic rings. The molecule has 2 aromatic heterocycles. The first kappa shape index (κ1) is 12.2. The zero-order valence-electron chi connectivity index (χ0n) is 10.6. The molecule has 0 aliphatic carbocycles. The van der Waals surface area contributed by atoms with E-state index in [0.717, 1.165) is 24.5 Å². The van der Waals surface area contributed by atoms with Crippen LogP contribution >= 0.6 is 11.3 Å². The standard InChI is InChI=1S/C13H19N3S/c1-4-10-5-6-12(17-10)11-7-13(16-15-11)14-8-9(2)3/h5-7,9H,4,8H2,1-3H3,(H2,14,15,16). The van der Waals surface area contributed by atoms with E-state index in [2.05, 4.69) is 54.5 Å². The minimum atomic E-state index is 0.628. The van der Waals surface area contributed by atoms with Crippen LogP contribution < -0.4 is 5.32 Å². The Balaban J connectivity index is 2.07. The number of nitrogens with zero attached hydrogens (tertiary/aromatic N) is 1. The maximum atomic E-state index is 4.27. The summed E-state index contributed by atoms with van der Waals surface area (Å²) in [6, 6.07) is 6.42. The molecule has 2 heterocycles. The van der Waals surface area contributed by atoms with Crippen LogP contribution in [0, 0.1) is 5.92 Å². The number of hydrogen-bond donors (Lipinski definition) is 2. The van der Waals surface area contributed by atoms with Crippen molar-refractivity contribution in [1.82, 2.24) is 10.2 Å². The summed E-state index contributed by atoms with van der Waals surface area (Å²) >= 11 is 1.82. The first-order chi connectivity index (χ1) is 8.19. The summed E-state index contributed by atoms with van der Waals surface area (Å²) in [7, 11) is 0. The fourth-order valence-electron chi connectivity index (χ4n) is 1.56. The zero-order chi connectivity index (χ0) is 12.3. The fourth-order valence-corrected chi connectivity index (χ4v) is 2.47. The van der Waals surface area contributed by atoms with E-state index in [1.165, 1.54) is 9.75 Å². The van der Waals surface area contributed by atoms with Gasteiger partial charge in [0.15, 0.2) is 0 Å². The number of rotatable bonds is 5. The van der Waals surface area contributed by atoms with Crippen LogP contribution in [0.2, 0.25) is 0 Å². The van der Waals surface area contributed by atoms with E-state index in [4.69, 9.17) is 0 Å². The van der Waals surface area contributed by atoms with Crippen molar-refractivity contribution in [2.45, 2.75) is 27.2 Å². The number of anilines is 1. The van der Waals surface area contributed by atoms with E-state index in [1.807, 2.05) is 11.3 Å². The van der Waals surface area contributed by atoms with Gasteiger partial charge in [-0.15, -0.1) is 11.3 Å². The molecule has 0 spiro atoms. The molecule has 4 heteroatoms. The molecule has 0 amide bonds. The van der Waals surface area contributed by atoms with Crippen molar-refractivity contribution in [3.63, 3.8) is 0 Å². The average Bonchev–Trinajstić information content (AvgIpc) is 2.94. The minimum absolute atomic E-state index is 0.628. The Labute approximate surface area is 106 Å². The Hall–Kier alpha value is -1.29. The molecule has 0 fully saturated rings. The van der Waals surface area contributed by atoms with Gasteiger partial charge in [-0.05, 0) is 24.5 Å². The van der Waals surface area contributed by atoms with E-state index >= 15 is 0 Å². The topological polar surface area (TPSA) is 40.7 Å². The van der Waals surface area contributed by atoms with Crippen LogP contribution in [-0.4, -0.2) is 16.7 Å². The summed E-state index contributed by atoms with van der Waals surface area (Å²) < 4.78 is 0. The van der Waals surface area contributed by atoms with Crippen molar-refractivity contribution in [2.75, 3.05) is 11.9 Å². The summed E-state index contributed by atoms with van der Waals surface area (Å²) in [6.45, 7) is 7.51. The molecule has 2 N–H and O–H groups in total. The molecule has 2 aromatic rings. The van der Waals surface area contributed by atoms with E-state index in [9.17, 15) is 0 Å². The predicted molar refractivity (Wildman–Crippen MR) is 74.6 cm³/mol. The van der Waals surface area contributed by atoms with E-state index in [1.54, 1.807) is 0 Å². The van der Waals surface area contributed by atoms with E-state index in [0.29, 0.717) is 5.92 Å². The molecule has 92 valence electrons. The zero-order valence-corrected chi connectivity index (χ0v) is 11.4. The quantitative estimate of drug-likeness (QED) is 0.847. The van der Waals surface area contributed by atoms with E-state index < -0.39 is 0 Å². The lowest BCUT2D eigenvalue weighted by Crippen LogP contribution is -2.07. The highest BCUT2D eigenvalue weighted by atomic mass is 32.1. The number of H-pyrrole nitrogens is 1. The van der Waals surface area contributed by atoms with Crippen LogP contribution in [0.25, 0.3) is 10.6 Å². The van der Waals surface area contributed by atoms with E-state index in [-0.39, 0.29) is 0 Å². The van der Waals surface area contributed by atoms with Crippen LogP contribution in [0.5, 0.6) is 0 Å². The van der Waals surface area contributed by atoms with Gasteiger partial charge < -0.3 is 5.32 Å². The van der Waals surface area contributed by atoms with Gasteiger partial charge in [-0.25, -0.2) is 0 Å². The highest BCUT2D eigenvalue weighted by molar-refractivity contribution is 7.15. The van der Waals surface area contributed by atoms with Gasteiger partial charge in [0.25, 0.3) is 0 Å². The second kappa shape index (κ2) is 5.36. The smallest absolute Gasteiger partial charge is 0.148 e. The molecule has 0 bridgehead atoms. The first-order valence-corrected chi connectivity index (χ1v) is 6.89. The largest absolute Gasteiger partial charge is 0.368 e. The molecular formula is C13H19N3S. The first-order valence-electron chi connectivity index (χ1n) is 6.07. The number of aromatic amines is 1. The van der Waals surface area contributed by atoms with Crippen molar-refractivity contribution in [3.05, 3.63) is 23.1 Å². The van der Waals surface area contributed by atoms with Gasteiger partial charge in [0.1, 0.15) is 5.82 Å².